The van der Waals surface area contributed by atoms with E-state index in [-0.39, 0.29) is 40.9 Å². The van der Waals surface area contributed by atoms with Crippen LogP contribution in [-0.2, 0) is 9.59 Å². The number of fused-ring (bicyclic) bond motifs is 3. The summed E-state index contributed by atoms with van der Waals surface area (Å²) >= 11 is 0. The first-order valence-electron chi connectivity index (χ1n) is 8.58. The number of rotatable bonds is 3. The third kappa shape index (κ3) is 1.77. The number of hydrogen-bond donors (Lipinski definition) is 1. The molecular weight excluding hydrogens is 320 g/mol. The molecule has 1 aromatic rings. The lowest BCUT2D eigenvalue weighted by Crippen LogP contribution is -2.47. The molecule has 1 aromatic carbocycles. The van der Waals surface area contributed by atoms with Crippen LogP contribution in [0.15, 0.2) is 36.4 Å². The smallest absolute Gasteiger partial charge is 0.270 e. The molecule has 3 aliphatic carbocycles. The predicted molar refractivity (Wildman–Crippen MR) is 87.1 cm³/mol. The van der Waals surface area contributed by atoms with E-state index in [0.29, 0.717) is 11.3 Å². The summed E-state index contributed by atoms with van der Waals surface area (Å²) in [5.41, 5.74) is 3.04. The fourth-order valence-corrected chi connectivity index (χ4v) is 5.10. The topological polar surface area (TPSA) is 75.7 Å². The molecule has 1 spiro atoms. The van der Waals surface area contributed by atoms with Crippen molar-refractivity contribution in [2.24, 2.45) is 29.1 Å². The average Bonchev–Trinajstić information content (AvgIpc) is 3.24. The zero-order valence-corrected chi connectivity index (χ0v) is 13.8. The molecule has 2 bridgehead atoms. The number of benzene rings is 1. The fraction of sp³-hybridized carbons (Fsp3) is 0.421. The van der Waals surface area contributed by atoms with Crippen LogP contribution in [0.2, 0.25) is 0 Å². The Morgan fingerprint density at radius 1 is 1.08 bits per heavy atom. The van der Waals surface area contributed by atoms with Crippen LogP contribution in [0.4, 0.5) is 0 Å². The average molecular weight is 338 g/mol. The van der Waals surface area contributed by atoms with E-state index in [0.717, 1.165) is 17.9 Å². The Labute approximate surface area is 144 Å². The van der Waals surface area contributed by atoms with Gasteiger partial charge in [0.1, 0.15) is 5.75 Å². The zero-order chi connectivity index (χ0) is 17.3. The highest BCUT2D eigenvalue weighted by atomic mass is 16.5. The molecule has 4 atom stereocenters. The van der Waals surface area contributed by atoms with Crippen LogP contribution >= 0.6 is 0 Å². The molecule has 4 unspecified atom stereocenters. The molecule has 3 fully saturated rings. The summed E-state index contributed by atoms with van der Waals surface area (Å²) in [6.45, 7) is 0. The van der Waals surface area contributed by atoms with E-state index >= 15 is 0 Å². The van der Waals surface area contributed by atoms with Crippen LogP contribution in [0, 0.1) is 29.1 Å². The summed E-state index contributed by atoms with van der Waals surface area (Å²) < 4.78 is 5.07. The minimum Gasteiger partial charge on any atom is -0.497 e. The summed E-state index contributed by atoms with van der Waals surface area (Å²) in [6.07, 6.45) is 6.42. The third-order valence-corrected chi connectivity index (χ3v) is 6.42. The lowest BCUT2D eigenvalue weighted by atomic mass is 9.85. The van der Waals surface area contributed by atoms with Crippen LogP contribution in [0.1, 0.15) is 23.2 Å². The summed E-state index contributed by atoms with van der Waals surface area (Å²) in [5, 5.41) is 0.949. The van der Waals surface area contributed by atoms with Crippen molar-refractivity contribution in [3.05, 3.63) is 42.0 Å². The number of amides is 3. The molecule has 6 nitrogen and oxygen atoms in total. The second kappa shape index (κ2) is 4.71. The number of methoxy groups -OCH3 is 1. The van der Waals surface area contributed by atoms with Gasteiger partial charge in [0, 0.05) is 5.56 Å². The van der Waals surface area contributed by atoms with Crippen molar-refractivity contribution < 1.29 is 19.1 Å². The van der Waals surface area contributed by atoms with Gasteiger partial charge in [-0.15, -0.1) is 0 Å². The van der Waals surface area contributed by atoms with Crippen molar-refractivity contribution in [3.8, 4) is 5.75 Å². The highest BCUT2D eigenvalue weighted by Crippen LogP contribution is 2.73. The van der Waals surface area contributed by atoms with E-state index in [1.807, 2.05) is 0 Å². The second-order valence-corrected chi connectivity index (χ2v) is 7.40. The Bertz CT molecular complexity index is 790. The molecule has 1 aliphatic heterocycles. The number of carbonyl (C=O) groups excluding carboxylic acids is 3. The Kier molecular flexibility index (Phi) is 2.77. The molecule has 1 heterocycles. The van der Waals surface area contributed by atoms with Gasteiger partial charge in [0.05, 0.1) is 18.9 Å². The molecule has 25 heavy (non-hydrogen) atoms. The van der Waals surface area contributed by atoms with Crippen molar-refractivity contribution >= 4 is 17.7 Å². The Morgan fingerprint density at radius 3 is 2.12 bits per heavy atom. The maximum atomic E-state index is 12.8. The first-order chi connectivity index (χ1) is 12.1. The lowest BCUT2D eigenvalue weighted by Gasteiger charge is -2.22. The summed E-state index contributed by atoms with van der Waals surface area (Å²) in [6, 6.07) is 6.53. The maximum Gasteiger partial charge on any atom is 0.270 e. The molecule has 1 N–H and O–H groups in total. The van der Waals surface area contributed by atoms with E-state index < -0.39 is 5.91 Å². The van der Waals surface area contributed by atoms with Gasteiger partial charge >= 0.3 is 0 Å². The zero-order valence-electron chi connectivity index (χ0n) is 13.8. The van der Waals surface area contributed by atoms with Crippen molar-refractivity contribution in [3.63, 3.8) is 0 Å². The van der Waals surface area contributed by atoms with Crippen molar-refractivity contribution in [2.75, 3.05) is 7.11 Å². The lowest BCUT2D eigenvalue weighted by molar-refractivity contribution is -0.144. The number of nitrogens with one attached hydrogen (secondary N) is 1. The first-order valence-corrected chi connectivity index (χ1v) is 8.58. The minimum atomic E-state index is -0.467. The van der Waals surface area contributed by atoms with Gasteiger partial charge in [-0.25, -0.2) is 0 Å². The van der Waals surface area contributed by atoms with Gasteiger partial charge < -0.3 is 4.74 Å². The SMILES string of the molecule is COc1ccc(C(=O)NN2C(=O)C3C(C2=O)C2C=CC3C23CC3)cc1. The van der Waals surface area contributed by atoms with E-state index in [2.05, 4.69) is 17.6 Å². The number of imide groups is 1. The number of hydrazine groups is 1. The van der Waals surface area contributed by atoms with Gasteiger partial charge in [-0.1, -0.05) is 12.2 Å². The van der Waals surface area contributed by atoms with E-state index in [4.69, 9.17) is 4.74 Å². The van der Waals surface area contributed by atoms with Crippen LogP contribution in [0.5, 0.6) is 5.75 Å². The Hall–Kier alpha value is -2.63. The van der Waals surface area contributed by atoms with Gasteiger partial charge in [-0.3, -0.25) is 19.8 Å². The number of allylic oxidation sites excluding steroid dienone is 2. The van der Waals surface area contributed by atoms with Crippen LogP contribution in [0.25, 0.3) is 0 Å². The number of carbonyl (C=O) groups is 3. The third-order valence-electron chi connectivity index (χ3n) is 6.42. The molecule has 4 aliphatic rings. The van der Waals surface area contributed by atoms with E-state index in [1.165, 1.54) is 0 Å². The second-order valence-electron chi connectivity index (χ2n) is 7.40. The minimum absolute atomic E-state index is 0.154. The number of nitrogens with zero attached hydrogens (tertiary/aromatic N) is 1. The van der Waals surface area contributed by atoms with Gasteiger partial charge in [0.15, 0.2) is 0 Å². The molecule has 128 valence electrons. The van der Waals surface area contributed by atoms with Gasteiger partial charge in [0.2, 0.25) is 0 Å². The molecule has 6 heteroatoms. The monoisotopic (exact) mass is 338 g/mol. The summed E-state index contributed by atoms with van der Waals surface area (Å²) in [5.74, 6) is -0.659. The van der Waals surface area contributed by atoms with Crippen molar-refractivity contribution in [2.45, 2.75) is 12.8 Å². The number of ether oxygens (including phenoxy) is 1. The quantitative estimate of drug-likeness (QED) is 0.670. The fourth-order valence-electron chi connectivity index (χ4n) is 5.10. The van der Waals surface area contributed by atoms with Crippen molar-refractivity contribution in [1.82, 2.24) is 10.4 Å². The standard InChI is InChI=1S/C19H18N2O4/c1-25-11-4-2-10(3-5-11)16(22)20-21-17(23)14-12-6-7-13(15(14)18(21)24)19(12)8-9-19/h2-7,12-15H,8-9H2,1H3,(H,20,22). The van der Waals surface area contributed by atoms with Crippen LogP contribution < -0.4 is 10.2 Å². The highest BCUT2D eigenvalue weighted by molar-refractivity contribution is 6.09. The highest BCUT2D eigenvalue weighted by Gasteiger charge is 2.73. The molecule has 5 rings (SSSR count). The van der Waals surface area contributed by atoms with E-state index in [9.17, 15) is 14.4 Å². The molecule has 0 aromatic heterocycles. The molecule has 0 radical (unpaired) electrons. The number of hydrogen-bond acceptors (Lipinski definition) is 4. The molecule has 2 saturated carbocycles. The van der Waals surface area contributed by atoms with Crippen LogP contribution in [0.3, 0.4) is 0 Å². The van der Waals surface area contributed by atoms with Gasteiger partial charge in [-0.05, 0) is 54.4 Å². The summed E-state index contributed by atoms with van der Waals surface area (Å²) in [4.78, 5) is 38.0. The molecular formula is C19H18N2O4. The van der Waals surface area contributed by atoms with Crippen molar-refractivity contribution in [1.29, 1.82) is 0 Å². The first kappa shape index (κ1) is 14.7. The molecule has 3 amide bonds. The largest absolute Gasteiger partial charge is 0.497 e. The normalized spacial score (nSPS) is 33.1. The van der Waals surface area contributed by atoms with Gasteiger partial charge in [-0.2, -0.15) is 5.01 Å². The van der Waals surface area contributed by atoms with Crippen LogP contribution in [-0.4, -0.2) is 29.8 Å². The Morgan fingerprint density at radius 2 is 1.64 bits per heavy atom. The molecule has 1 saturated heterocycles. The van der Waals surface area contributed by atoms with E-state index in [1.54, 1.807) is 31.4 Å². The maximum absolute atomic E-state index is 12.8. The Balaban J connectivity index is 1.37. The van der Waals surface area contributed by atoms with Gasteiger partial charge in [0.25, 0.3) is 17.7 Å². The summed E-state index contributed by atoms with van der Waals surface area (Å²) in [7, 11) is 1.55. The predicted octanol–water partition coefficient (Wildman–Crippen LogP) is 1.54.